The third-order valence-electron chi connectivity index (χ3n) is 4.53. The summed E-state index contributed by atoms with van der Waals surface area (Å²) >= 11 is 0. The summed E-state index contributed by atoms with van der Waals surface area (Å²) in [4.78, 5) is 29.5. The number of carbonyl (C=O) groups is 2. The standard InChI is InChI=1S/C16H21N3O3/c1-17-4-6-18(7-5-17)16(22)19-3-2-12-9-15(21)14(11-20)8-13(12)10-19/h8-9,11,21H,2-7,10H2,1H3. The molecule has 0 unspecified atom stereocenters. The molecule has 0 spiro atoms. The van der Waals surface area contributed by atoms with Crippen LogP contribution in [0, 0.1) is 0 Å². The molecule has 0 aromatic heterocycles. The Bertz CT molecular complexity index is 595. The van der Waals surface area contributed by atoms with Gasteiger partial charge < -0.3 is 19.8 Å². The topological polar surface area (TPSA) is 64.1 Å². The van der Waals surface area contributed by atoms with Gasteiger partial charge in [-0.15, -0.1) is 0 Å². The molecular formula is C16H21N3O3. The second kappa shape index (κ2) is 5.96. The van der Waals surface area contributed by atoms with Crippen LogP contribution < -0.4 is 0 Å². The van der Waals surface area contributed by atoms with Crippen LogP contribution in [0.25, 0.3) is 0 Å². The maximum absolute atomic E-state index is 12.6. The van der Waals surface area contributed by atoms with E-state index in [1.165, 1.54) is 0 Å². The SMILES string of the molecule is CN1CCN(C(=O)N2CCc3cc(O)c(C=O)cc3C2)CC1. The first-order valence-corrected chi connectivity index (χ1v) is 7.61. The number of rotatable bonds is 1. The summed E-state index contributed by atoms with van der Waals surface area (Å²) in [6, 6.07) is 3.41. The van der Waals surface area contributed by atoms with E-state index in [0.717, 1.165) is 37.3 Å². The van der Waals surface area contributed by atoms with Gasteiger partial charge in [0.05, 0.1) is 5.56 Å². The van der Waals surface area contributed by atoms with E-state index < -0.39 is 0 Å². The van der Waals surface area contributed by atoms with Crippen molar-refractivity contribution in [3.05, 3.63) is 28.8 Å². The molecule has 0 saturated carbocycles. The van der Waals surface area contributed by atoms with Crippen molar-refractivity contribution in [1.82, 2.24) is 14.7 Å². The largest absolute Gasteiger partial charge is 0.507 e. The number of hydrogen-bond donors (Lipinski definition) is 1. The fourth-order valence-corrected chi connectivity index (χ4v) is 3.07. The monoisotopic (exact) mass is 303 g/mol. The first kappa shape index (κ1) is 14.8. The van der Waals surface area contributed by atoms with Crippen LogP contribution in [0.5, 0.6) is 5.75 Å². The molecule has 1 saturated heterocycles. The number of urea groups is 1. The van der Waals surface area contributed by atoms with Gasteiger partial charge in [-0.25, -0.2) is 4.79 Å². The number of nitrogens with zero attached hydrogens (tertiary/aromatic N) is 3. The summed E-state index contributed by atoms with van der Waals surface area (Å²) < 4.78 is 0. The fourth-order valence-electron chi connectivity index (χ4n) is 3.07. The highest BCUT2D eigenvalue weighted by atomic mass is 16.3. The van der Waals surface area contributed by atoms with Crippen molar-refractivity contribution in [3.63, 3.8) is 0 Å². The van der Waals surface area contributed by atoms with Crippen molar-refractivity contribution in [1.29, 1.82) is 0 Å². The number of phenols is 1. The Morgan fingerprint density at radius 1 is 1.09 bits per heavy atom. The molecule has 6 heteroatoms. The number of phenolic OH excluding ortho intramolecular Hbond substituents is 1. The third-order valence-corrected chi connectivity index (χ3v) is 4.53. The van der Waals surface area contributed by atoms with E-state index in [0.29, 0.717) is 25.8 Å². The zero-order valence-corrected chi connectivity index (χ0v) is 12.8. The Balaban J connectivity index is 1.73. The van der Waals surface area contributed by atoms with Crippen molar-refractivity contribution < 1.29 is 14.7 Å². The van der Waals surface area contributed by atoms with E-state index in [1.807, 2.05) is 9.80 Å². The van der Waals surface area contributed by atoms with Crippen molar-refractivity contribution in [2.24, 2.45) is 0 Å². The highest BCUT2D eigenvalue weighted by Crippen LogP contribution is 2.26. The van der Waals surface area contributed by atoms with Gasteiger partial charge in [0, 0.05) is 39.3 Å². The summed E-state index contributed by atoms with van der Waals surface area (Å²) in [5.74, 6) is 0.0209. The number of fused-ring (bicyclic) bond motifs is 1. The molecule has 2 aliphatic rings. The molecule has 6 nitrogen and oxygen atoms in total. The first-order chi connectivity index (χ1) is 10.6. The van der Waals surface area contributed by atoms with E-state index in [1.54, 1.807) is 12.1 Å². The molecule has 2 heterocycles. The highest BCUT2D eigenvalue weighted by molar-refractivity contribution is 5.80. The fraction of sp³-hybridized carbons (Fsp3) is 0.500. The van der Waals surface area contributed by atoms with Gasteiger partial charge in [0.1, 0.15) is 5.75 Å². The molecule has 3 rings (SSSR count). The van der Waals surface area contributed by atoms with Crippen LogP contribution in [0.1, 0.15) is 21.5 Å². The quantitative estimate of drug-likeness (QED) is 0.784. The number of hydrogen-bond acceptors (Lipinski definition) is 4. The summed E-state index contributed by atoms with van der Waals surface area (Å²) in [6.45, 7) is 4.47. The van der Waals surface area contributed by atoms with E-state index >= 15 is 0 Å². The number of piperazine rings is 1. The molecule has 118 valence electrons. The smallest absolute Gasteiger partial charge is 0.320 e. The minimum Gasteiger partial charge on any atom is -0.507 e. The van der Waals surface area contributed by atoms with Gasteiger partial charge in [-0.1, -0.05) is 0 Å². The molecule has 0 bridgehead atoms. The summed E-state index contributed by atoms with van der Waals surface area (Å²) in [5, 5.41) is 9.75. The van der Waals surface area contributed by atoms with Gasteiger partial charge in [0.2, 0.25) is 0 Å². The molecule has 1 aromatic carbocycles. The van der Waals surface area contributed by atoms with Crippen molar-refractivity contribution >= 4 is 12.3 Å². The maximum atomic E-state index is 12.6. The average molecular weight is 303 g/mol. The third kappa shape index (κ3) is 2.78. The predicted octanol–water partition coefficient (Wildman–Crippen LogP) is 0.930. The number of likely N-dealkylation sites (N-methyl/N-ethyl adjacent to an activating group) is 1. The van der Waals surface area contributed by atoms with Gasteiger partial charge in [0.25, 0.3) is 0 Å². The lowest BCUT2D eigenvalue weighted by molar-refractivity contribution is 0.112. The van der Waals surface area contributed by atoms with E-state index in [-0.39, 0.29) is 17.3 Å². The maximum Gasteiger partial charge on any atom is 0.320 e. The van der Waals surface area contributed by atoms with Crippen LogP contribution in [0.2, 0.25) is 0 Å². The molecule has 2 aliphatic heterocycles. The molecule has 0 atom stereocenters. The molecule has 22 heavy (non-hydrogen) atoms. The minimum absolute atomic E-state index is 0.0209. The lowest BCUT2D eigenvalue weighted by Gasteiger charge is -2.38. The second-order valence-corrected chi connectivity index (χ2v) is 6.04. The number of carbonyl (C=O) groups excluding carboxylic acids is 2. The van der Waals surface area contributed by atoms with Gasteiger partial charge in [-0.3, -0.25) is 4.79 Å². The molecule has 2 amide bonds. The van der Waals surface area contributed by atoms with Crippen molar-refractivity contribution in [2.75, 3.05) is 39.8 Å². The molecule has 0 aliphatic carbocycles. The van der Waals surface area contributed by atoms with Gasteiger partial charge in [-0.05, 0) is 36.7 Å². The van der Waals surface area contributed by atoms with Gasteiger partial charge in [0.15, 0.2) is 6.29 Å². The number of amides is 2. The molecular weight excluding hydrogens is 282 g/mol. The Morgan fingerprint density at radius 3 is 2.50 bits per heavy atom. The predicted molar refractivity (Wildman–Crippen MR) is 82.1 cm³/mol. The van der Waals surface area contributed by atoms with Crippen molar-refractivity contribution in [3.8, 4) is 5.75 Å². The van der Waals surface area contributed by atoms with Crippen LogP contribution in [-0.2, 0) is 13.0 Å². The van der Waals surface area contributed by atoms with Crippen LogP contribution in [0.15, 0.2) is 12.1 Å². The Hall–Kier alpha value is -2.08. The lowest BCUT2D eigenvalue weighted by atomic mass is 9.97. The highest BCUT2D eigenvalue weighted by Gasteiger charge is 2.27. The van der Waals surface area contributed by atoms with E-state index in [4.69, 9.17) is 0 Å². The Morgan fingerprint density at radius 2 is 1.82 bits per heavy atom. The van der Waals surface area contributed by atoms with Crippen LogP contribution in [0.4, 0.5) is 4.79 Å². The number of benzene rings is 1. The van der Waals surface area contributed by atoms with Gasteiger partial charge >= 0.3 is 6.03 Å². The minimum atomic E-state index is 0.0209. The summed E-state index contributed by atoms with van der Waals surface area (Å²) in [6.07, 6.45) is 1.36. The molecule has 0 radical (unpaired) electrons. The summed E-state index contributed by atoms with van der Waals surface area (Å²) in [5.41, 5.74) is 2.26. The first-order valence-electron chi connectivity index (χ1n) is 7.61. The lowest BCUT2D eigenvalue weighted by Crippen LogP contribution is -2.52. The van der Waals surface area contributed by atoms with Gasteiger partial charge in [-0.2, -0.15) is 0 Å². The number of aromatic hydroxyl groups is 1. The molecule has 1 fully saturated rings. The van der Waals surface area contributed by atoms with E-state index in [2.05, 4.69) is 11.9 Å². The Labute approximate surface area is 129 Å². The van der Waals surface area contributed by atoms with Crippen LogP contribution >= 0.6 is 0 Å². The van der Waals surface area contributed by atoms with Crippen molar-refractivity contribution in [2.45, 2.75) is 13.0 Å². The van der Waals surface area contributed by atoms with Crippen LogP contribution in [0.3, 0.4) is 0 Å². The zero-order chi connectivity index (χ0) is 15.7. The normalized spacial score (nSPS) is 19.0. The Kier molecular flexibility index (Phi) is 4.02. The van der Waals surface area contributed by atoms with Crippen LogP contribution in [-0.4, -0.2) is 71.9 Å². The average Bonchev–Trinajstić information content (AvgIpc) is 2.54. The summed E-state index contributed by atoms with van der Waals surface area (Å²) in [7, 11) is 2.06. The second-order valence-electron chi connectivity index (χ2n) is 6.04. The molecule has 1 aromatic rings. The molecule has 1 N–H and O–H groups in total. The number of aldehydes is 1. The van der Waals surface area contributed by atoms with E-state index in [9.17, 15) is 14.7 Å². The zero-order valence-electron chi connectivity index (χ0n) is 12.8.